The van der Waals surface area contributed by atoms with Gasteiger partial charge in [-0.05, 0) is 22.4 Å². The fourth-order valence-electron chi connectivity index (χ4n) is 3.15. The van der Waals surface area contributed by atoms with Gasteiger partial charge in [0, 0.05) is 25.5 Å². The van der Waals surface area contributed by atoms with Crippen molar-refractivity contribution in [1.82, 2.24) is 34.7 Å². The van der Waals surface area contributed by atoms with Crippen molar-refractivity contribution in [3.63, 3.8) is 0 Å². The maximum Gasteiger partial charge on any atom is 0.245 e. The fourth-order valence-corrected chi connectivity index (χ4v) is 3.15. The molecular formula is C16H17N7O. The summed E-state index contributed by atoms with van der Waals surface area (Å²) in [5.41, 5.74) is 1.05. The lowest BCUT2D eigenvalue weighted by Gasteiger charge is -2.29. The predicted octanol–water partition coefficient (Wildman–Crippen LogP) is 0.891. The molecule has 1 unspecified atom stereocenters. The zero-order valence-electron chi connectivity index (χ0n) is 13.1. The number of nitrogens with zero attached hydrogens (tertiary/aromatic N) is 7. The first-order valence-corrected chi connectivity index (χ1v) is 7.89. The minimum atomic E-state index is -0.201. The number of benzene rings is 1. The van der Waals surface area contributed by atoms with Crippen molar-refractivity contribution in [2.75, 3.05) is 6.54 Å². The Morgan fingerprint density at radius 3 is 2.88 bits per heavy atom. The Labute approximate surface area is 138 Å². The summed E-state index contributed by atoms with van der Waals surface area (Å²) >= 11 is 0. The van der Waals surface area contributed by atoms with Crippen LogP contribution < -0.4 is 0 Å². The summed E-state index contributed by atoms with van der Waals surface area (Å²) in [6, 6.07) is 9.81. The lowest BCUT2D eigenvalue weighted by Crippen LogP contribution is -2.38. The van der Waals surface area contributed by atoms with Gasteiger partial charge in [-0.1, -0.05) is 30.3 Å². The van der Waals surface area contributed by atoms with Crippen LogP contribution in [0.1, 0.15) is 23.9 Å². The van der Waals surface area contributed by atoms with Crippen molar-refractivity contribution in [2.24, 2.45) is 0 Å². The molecule has 0 saturated carbocycles. The van der Waals surface area contributed by atoms with E-state index in [0.717, 1.165) is 24.4 Å². The molecule has 0 saturated heterocycles. The van der Waals surface area contributed by atoms with E-state index >= 15 is 0 Å². The molecule has 8 heteroatoms. The van der Waals surface area contributed by atoms with E-state index in [1.54, 1.807) is 6.20 Å². The monoisotopic (exact) mass is 323 g/mol. The molecule has 4 rings (SSSR count). The van der Waals surface area contributed by atoms with Crippen molar-refractivity contribution in [3.05, 3.63) is 60.4 Å². The van der Waals surface area contributed by atoms with Crippen LogP contribution in [0.15, 0.2) is 49.1 Å². The highest BCUT2D eigenvalue weighted by atomic mass is 16.2. The van der Waals surface area contributed by atoms with Crippen molar-refractivity contribution in [3.8, 4) is 0 Å². The number of aromatic nitrogens is 6. The predicted molar refractivity (Wildman–Crippen MR) is 84.7 cm³/mol. The Morgan fingerprint density at radius 2 is 2.08 bits per heavy atom. The molecule has 1 aliphatic heterocycles. The number of fused-ring (bicyclic) bond motifs is 1. The van der Waals surface area contributed by atoms with Crippen LogP contribution in [0.3, 0.4) is 0 Å². The van der Waals surface area contributed by atoms with Gasteiger partial charge in [0.25, 0.3) is 0 Å². The summed E-state index contributed by atoms with van der Waals surface area (Å²) in [6.45, 7) is 1.65. The maximum atomic E-state index is 12.9. The number of amides is 1. The molecule has 8 nitrogen and oxygen atoms in total. The number of rotatable bonds is 3. The first kappa shape index (κ1) is 14.6. The number of carbonyl (C=O) groups excluding carboxylic acids is 1. The standard InChI is InChI=1S/C16H17N7O/c24-14(11-22-12-18-19-20-22)23-9-4-8-21-10-7-17-16(21)15(23)13-5-2-1-3-6-13/h1-3,5-7,10,12,15H,4,8-9,11H2. The second-order valence-electron chi connectivity index (χ2n) is 5.74. The van der Waals surface area contributed by atoms with Gasteiger partial charge in [0.15, 0.2) is 0 Å². The Kier molecular flexibility index (Phi) is 3.78. The molecular weight excluding hydrogens is 306 g/mol. The van der Waals surface area contributed by atoms with Gasteiger partial charge in [0.1, 0.15) is 24.7 Å². The van der Waals surface area contributed by atoms with E-state index in [9.17, 15) is 4.79 Å². The van der Waals surface area contributed by atoms with Crippen LogP contribution in [-0.4, -0.2) is 47.1 Å². The van der Waals surface area contributed by atoms with E-state index < -0.39 is 0 Å². The number of aryl methyl sites for hydroxylation is 1. The molecule has 1 aliphatic rings. The molecule has 0 aliphatic carbocycles. The lowest BCUT2D eigenvalue weighted by atomic mass is 10.0. The fraction of sp³-hybridized carbons (Fsp3) is 0.312. The minimum absolute atomic E-state index is 0.0207. The van der Waals surface area contributed by atoms with Crippen LogP contribution >= 0.6 is 0 Å². The van der Waals surface area contributed by atoms with E-state index in [4.69, 9.17) is 0 Å². The molecule has 122 valence electrons. The molecule has 0 spiro atoms. The highest BCUT2D eigenvalue weighted by Gasteiger charge is 2.31. The van der Waals surface area contributed by atoms with Gasteiger partial charge >= 0.3 is 0 Å². The molecule has 1 aromatic carbocycles. The van der Waals surface area contributed by atoms with Gasteiger partial charge in [-0.25, -0.2) is 9.67 Å². The van der Waals surface area contributed by atoms with Gasteiger partial charge in [-0.15, -0.1) is 5.10 Å². The molecule has 2 aromatic heterocycles. The average Bonchev–Trinajstić information content (AvgIpc) is 3.24. The smallest absolute Gasteiger partial charge is 0.245 e. The van der Waals surface area contributed by atoms with Gasteiger partial charge < -0.3 is 9.47 Å². The number of hydrogen-bond donors (Lipinski definition) is 0. The first-order chi connectivity index (χ1) is 11.8. The highest BCUT2D eigenvalue weighted by Crippen LogP contribution is 2.30. The van der Waals surface area contributed by atoms with Gasteiger partial charge in [-0.3, -0.25) is 4.79 Å². The highest BCUT2D eigenvalue weighted by molar-refractivity contribution is 5.77. The number of imidazole rings is 1. The zero-order chi connectivity index (χ0) is 16.4. The van der Waals surface area contributed by atoms with Crippen molar-refractivity contribution in [2.45, 2.75) is 25.6 Å². The zero-order valence-corrected chi connectivity index (χ0v) is 13.1. The molecule has 3 aromatic rings. The third-order valence-corrected chi connectivity index (χ3v) is 4.23. The van der Waals surface area contributed by atoms with Crippen LogP contribution in [0.2, 0.25) is 0 Å². The Bertz CT molecular complexity index is 812. The van der Waals surface area contributed by atoms with Crippen LogP contribution in [0.4, 0.5) is 0 Å². The summed E-state index contributed by atoms with van der Waals surface area (Å²) < 4.78 is 3.57. The Morgan fingerprint density at radius 1 is 1.21 bits per heavy atom. The molecule has 1 atom stereocenters. The third-order valence-electron chi connectivity index (χ3n) is 4.23. The quantitative estimate of drug-likeness (QED) is 0.715. The van der Waals surface area contributed by atoms with E-state index in [-0.39, 0.29) is 18.5 Å². The summed E-state index contributed by atoms with van der Waals surface area (Å²) in [4.78, 5) is 19.3. The van der Waals surface area contributed by atoms with E-state index in [0.29, 0.717) is 6.54 Å². The summed E-state index contributed by atoms with van der Waals surface area (Å²) in [6.07, 6.45) is 6.10. The Hall–Kier alpha value is -3.03. The van der Waals surface area contributed by atoms with Crippen LogP contribution in [0.25, 0.3) is 0 Å². The number of tetrazole rings is 1. The maximum absolute atomic E-state index is 12.9. The van der Waals surface area contributed by atoms with Gasteiger partial charge in [0.2, 0.25) is 5.91 Å². The molecule has 0 radical (unpaired) electrons. The summed E-state index contributed by atoms with van der Waals surface area (Å²) in [7, 11) is 0. The lowest BCUT2D eigenvalue weighted by molar-refractivity contribution is -0.133. The molecule has 0 N–H and O–H groups in total. The van der Waals surface area contributed by atoms with Crippen LogP contribution in [0.5, 0.6) is 0 Å². The van der Waals surface area contributed by atoms with Crippen molar-refractivity contribution >= 4 is 5.91 Å². The van der Waals surface area contributed by atoms with Crippen LogP contribution in [0, 0.1) is 0 Å². The summed E-state index contributed by atoms with van der Waals surface area (Å²) in [5.74, 6) is 0.872. The van der Waals surface area contributed by atoms with Crippen molar-refractivity contribution < 1.29 is 4.79 Å². The normalized spacial score (nSPS) is 17.3. The van der Waals surface area contributed by atoms with E-state index in [2.05, 4.69) is 25.1 Å². The second-order valence-corrected chi connectivity index (χ2v) is 5.74. The minimum Gasteiger partial charge on any atom is -0.333 e. The third kappa shape index (κ3) is 2.66. The van der Waals surface area contributed by atoms with Crippen molar-refractivity contribution in [1.29, 1.82) is 0 Å². The topological polar surface area (TPSA) is 81.7 Å². The van der Waals surface area contributed by atoms with E-state index in [1.807, 2.05) is 41.4 Å². The number of hydrogen-bond acceptors (Lipinski definition) is 5. The number of carbonyl (C=O) groups is 1. The first-order valence-electron chi connectivity index (χ1n) is 7.89. The summed E-state index contributed by atoms with van der Waals surface area (Å²) in [5, 5.41) is 11.0. The molecule has 24 heavy (non-hydrogen) atoms. The molecule has 1 amide bonds. The SMILES string of the molecule is O=C(Cn1cnnn1)N1CCCn2ccnc2C1c1ccccc1. The van der Waals surface area contributed by atoms with E-state index in [1.165, 1.54) is 11.0 Å². The molecule has 0 bridgehead atoms. The largest absolute Gasteiger partial charge is 0.333 e. The van der Waals surface area contributed by atoms with Gasteiger partial charge in [0.05, 0.1) is 0 Å². The second kappa shape index (κ2) is 6.23. The molecule has 0 fully saturated rings. The Balaban J connectivity index is 1.72. The van der Waals surface area contributed by atoms with Crippen LogP contribution in [-0.2, 0) is 17.9 Å². The average molecular weight is 323 g/mol. The van der Waals surface area contributed by atoms with Gasteiger partial charge in [-0.2, -0.15) is 0 Å². The molecule has 3 heterocycles.